The minimum absolute atomic E-state index is 0.132. The van der Waals surface area contributed by atoms with Crippen LogP contribution in [-0.2, 0) is 4.79 Å². The molecule has 0 aromatic heterocycles. The fourth-order valence-corrected chi connectivity index (χ4v) is 2.11. The third-order valence-electron chi connectivity index (χ3n) is 4.18. The highest BCUT2D eigenvalue weighted by Gasteiger charge is 2.44. The number of hydrogen-bond donors (Lipinski definition) is 1. The molecule has 0 radical (unpaired) electrons. The van der Waals surface area contributed by atoms with Gasteiger partial charge in [-0.15, -0.1) is 0 Å². The second-order valence-electron chi connectivity index (χ2n) is 5.78. The number of anilines is 1. The van der Waals surface area contributed by atoms with Gasteiger partial charge in [-0.1, -0.05) is 20.8 Å². The second kappa shape index (κ2) is 5.24. The maximum Gasteiger partial charge on any atom is 0.230 e. The van der Waals surface area contributed by atoms with Crippen molar-refractivity contribution in [1.29, 1.82) is 0 Å². The van der Waals surface area contributed by atoms with Crippen LogP contribution in [0.5, 0.6) is 5.75 Å². The number of rotatable bonds is 5. The van der Waals surface area contributed by atoms with Crippen LogP contribution in [0.15, 0.2) is 18.2 Å². The predicted octanol–water partition coefficient (Wildman–Crippen LogP) is 3.95. The van der Waals surface area contributed by atoms with Gasteiger partial charge in [0.2, 0.25) is 5.91 Å². The molecule has 1 amide bonds. The molecule has 0 heterocycles. The molecule has 1 aliphatic rings. The topological polar surface area (TPSA) is 38.3 Å². The molecule has 1 aromatic carbocycles. The van der Waals surface area contributed by atoms with E-state index in [1.807, 2.05) is 25.1 Å². The average molecular weight is 261 g/mol. The minimum Gasteiger partial charge on any atom is -0.496 e. The zero-order valence-electron chi connectivity index (χ0n) is 12.2. The van der Waals surface area contributed by atoms with Crippen LogP contribution in [-0.4, -0.2) is 13.0 Å². The fraction of sp³-hybridized carbons (Fsp3) is 0.562. The van der Waals surface area contributed by atoms with Crippen molar-refractivity contribution in [2.45, 2.75) is 46.0 Å². The van der Waals surface area contributed by atoms with Crippen LogP contribution in [0.1, 0.15) is 51.5 Å². The van der Waals surface area contributed by atoms with Crippen molar-refractivity contribution in [2.75, 3.05) is 12.4 Å². The summed E-state index contributed by atoms with van der Waals surface area (Å²) in [5.74, 6) is 1.45. The summed E-state index contributed by atoms with van der Waals surface area (Å²) in [5.41, 5.74) is 1.88. The lowest BCUT2D eigenvalue weighted by molar-refractivity contribution is -0.120. The van der Waals surface area contributed by atoms with Gasteiger partial charge in [0.1, 0.15) is 5.75 Å². The Bertz CT molecular complexity index is 478. The van der Waals surface area contributed by atoms with Crippen molar-refractivity contribution < 1.29 is 9.53 Å². The molecule has 0 bridgehead atoms. The summed E-state index contributed by atoms with van der Waals surface area (Å²) in [6.07, 6.45) is 3.03. The van der Waals surface area contributed by atoms with Crippen molar-refractivity contribution in [2.24, 2.45) is 5.41 Å². The van der Waals surface area contributed by atoms with E-state index in [4.69, 9.17) is 4.74 Å². The minimum atomic E-state index is -0.142. The first-order valence-electron chi connectivity index (χ1n) is 6.99. The van der Waals surface area contributed by atoms with Crippen LogP contribution < -0.4 is 10.1 Å². The first kappa shape index (κ1) is 13.9. The lowest BCUT2D eigenvalue weighted by Gasteiger charge is -2.17. The summed E-state index contributed by atoms with van der Waals surface area (Å²) >= 11 is 0. The van der Waals surface area contributed by atoms with Gasteiger partial charge in [0.15, 0.2) is 0 Å². The van der Waals surface area contributed by atoms with Crippen LogP contribution in [0, 0.1) is 5.41 Å². The van der Waals surface area contributed by atoms with E-state index in [-0.39, 0.29) is 11.3 Å². The number of benzene rings is 1. The molecule has 2 rings (SSSR count). The summed E-state index contributed by atoms with van der Waals surface area (Å²) in [7, 11) is 1.69. The number of carbonyl (C=O) groups is 1. The Morgan fingerprint density at radius 3 is 2.68 bits per heavy atom. The highest BCUT2D eigenvalue weighted by Crippen LogP contribution is 2.46. The Kier molecular flexibility index (Phi) is 3.83. The molecule has 1 unspecified atom stereocenters. The van der Waals surface area contributed by atoms with Crippen LogP contribution in [0.2, 0.25) is 0 Å². The summed E-state index contributed by atoms with van der Waals surface area (Å²) in [5, 5.41) is 3.02. The average Bonchev–Trinajstić information content (AvgIpc) is 3.17. The Hall–Kier alpha value is -1.51. The van der Waals surface area contributed by atoms with Crippen molar-refractivity contribution >= 4 is 11.6 Å². The number of hydrogen-bond acceptors (Lipinski definition) is 2. The lowest BCUT2D eigenvalue weighted by Crippen LogP contribution is -2.21. The quantitative estimate of drug-likeness (QED) is 0.871. The largest absolute Gasteiger partial charge is 0.496 e. The molecule has 1 aromatic rings. The molecule has 0 saturated heterocycles. The Labute approximate surface area is 115 Å². The molecule has 19 heavy (non-hydrogen) atoms. The van der Waals surface area contributed by atoms with Crippen molar-refractivity contribution in [1.82, 2.24) is 0 Å². The van der Waals surface area contributed by atoms with E-state index in [2.05, 4.69) is 19.2 Å². The van der Waals surface area contributed by atoms with E-state index in [0.717, 1.165) is 36.3 Å². The van der Waals surface area contributed by atoms with E-state index >= 15 is 0 Å². The van der Waals surface area contributed by atoms with E-state index < -0.39 is 0 Å². The Morgan fingerprint density at radius 1 is 1.47 bits per heavy atom. The van der Waals surface area contributed by atoms with Gasteiger partial charge in [0.25, 0.3) is 0 Å². The smallest absolute Gasteiger partial charge is 0.230 e. The highest BCUT2D eigenvalue weighted by atomic mass is 16.5. The SMILES string of the molecule is CCC(C)c1cc(NC(=O)C2(C)CC2)ccc1OC. The maximum absolute atomic E-state index is 12.1. The summed E-state index contributed by atoms with van der Waals surface area (Å²) in [6.45, 7) is 6.34. The van der Waals surface area contributed by atoms with Gasteiger partial charge in [-0.3, -0.25) is 4.79 Å². The number of ether oxygens (including phenoxy) is 1. The first-order valence-corrected chi connectivity index (χ1v) is 6.99. The van der Waals surface area contributed by atoms with Gasteiger partial charge in [-0.25, -0.2) is 0 Å². The number of carbonyl (C=O) groups excluding carboxylic acids is 1. The van der Waals surface area contributed by atoms with Crippen molar-refractivity contribution in [3.63, 3.8) is 0 Å². The van der Waals surface area contributed by atoms with E-state index in [1.54, 1.807) is 7.11 Å². The van der Waals surface area contributed by atoms with Crippen LogP contribution in [0.25, 0.3) is 0 Å². The standard InChI is InChI=1S/C16H23NO2/c1-5-11(2)13-10-12(6-7-14(13)19-4)17-15(18)16(3)8-9-16/h6-7,10-11H,5,8-9H2,1-4H3,(H,17,18). The maximum atomic E-state index is 12.1. The number of amides is 1. The van der Waals surface area contributed by atoms with Gasteiger partial charge in [-0.2, -0.15) is 0 Å². The van der Waals surface area contributed by atoms with Crippen LogP contribution in [0.3, 0.4) is 0 Å². The predicted molar refractivity (Wildman–Crippen MR) is 77.7 cm³/mol. The molecule has 1 N–H and O–H groups in total. The van der Waals surface area contributed by atoms with Gasteiger partial charge in [0.05, 0.1) is 7.11 Å². The molecule has 1 saturated carbocycles. The molecular weight excluding hydrogens is 238 g/mol. The van der Waals surface area contributed by atoms with Crippen molar-refractivity contribution in [3.05, 3.63) is 23.8 Å². The molecule has 1 atom stereocenters. The molecule has 0 aliphatic heterocycles. The van der Waals surface area contributed by atoms with Gasteiger partial charge < -0.3 is 10.1 Å². The van der Waals surface area contributed by atoms with E-state index in [1.165, 1.54) is 0 Å². The number of nitrogens with one attached hydrogen (secondary N) is 1. The normalized spacial score (nSPS) is 17.7. The molecule has 3 heteroatoms. The van der Waals surface area contributed by atoms with Crippen LogP contribution >= 0.6 is 0 Å². The molecule has 1 fully saturated rings. The molecule has 3 nitrogen and oxygen atoms in total. The van der Waals surface area contributed by atoms with Gasteiger partial charge >= 0.3 is 0 Å². The second-order valence-corrected chi connectivity index (χ2v) is 5.78. The fourth-order valence-electron chi connectivity index (χ4n) is 2.11. The Morgan fingerprint density at radius 2 is 2.16 bits per heavy atom. The van der Waals surface area contributed by atoms with E-state index in [0.29, 0.717) is 5.92 Å². The van der Waals surface area contributed by atoms with Crippen LogP contribution in [0.4, 0.5) is 5.69 Å². The lowest BCUT2D eigenvalue weighted by atomic mass is 9.97. The van der Waals surface area contributed by atoms with Gasteiger partial charge in [-0.05, 0) is 48.9 Å². The summed E-state index contributed by atoms with van der Waals surface area (Å²) in [4.78, 5) is 12.1. The summed E-state index contributed by atoms with van der Waals surface area (Å²) in [6, 6.07) is 5.89. The van der Waals surface area contributed by atoms with Gasteiger partial charge in [0, 0.05) is 11.1 Å². The Balaban J connectivity index is 2.20. The zero-order chi connectivity index (χ0) is 14.0. The molecule has 1 aliphatic carbocycles. The first-order chi connectivity index (χ1) is 9.00. The highest BCUT2D eigenvalue weighted by molar-refractivity contribution is 5.97. The zero-order valence-corrected chi connectivity index (χ0v) is 12.2. The van der Waals surface area contributed by atoms with E-state index in [9.17, 15) is 4.79 Å². The molecular formula is C16H23NO2. The third-order valence-corrected chi connectivity index (χ3v) is 4.18. The van der Waals surface area contributed by atoms with Crippen molar-refractivity contribution in [3.8, 4) is 5.75 Å². The number of methoxy groups -OCH3 is 1. The third kappa shape index (κ3) is 2.91. The molecule has 0 spiro atoms. The summed E-state index contributed by atoms with van der Waals surface area (Å²) < 4.78 is 5.40. The monoisotopic (exact) mass is 261 g/mol. The molecule has 104 valence electrons.